The minimum absolute atomic E-state index is 0.0570. The summed E-state index contributed by atoms with van der Waals surface area (Å²) in [7, 11) is -4.29. The van der Waals surface area contributed by atoms with E-state index in [0.29, 0.717) is 29.9 Å². The Balaban J connectivity index is 1.83. The van der Waals surface area contributed by atoms with Gasteiger partial charge in [-0.25, -0.2) is 17.8 Å². The third-order valence-corrected chi connectivity index (χ3v) is 7.76. The monoisotopic (exact) mass is 538 g/mol. The highest BCUT2D eigenvalue weighted by atomic mass is 35.5. The van der Waals surface area contributed by atoms with Gasteiger partial charge in [0.2, 0.25) is 0 Å². The molecule has 12 heteroatoms. The summed E-state index contributed by atoms with van der Waals surface area (Å²) in [5.41, 5.74) is 0.0534. The van der Waals surface area contributed by atoms with E-state index < -0.39 is 25.9 Å². The van der Waals surface area contributed by atoms with Crippen LogP contribution in [0.2, 0.25) is 5.02 Å². The number of sulfonamides is 1. The van der Waals surface area contributed by atoms with Crippen LogP contribution in [0.4, 0.5) is 13.9 Å². The number of aromatic nitrogens is 1. The van der Waals surface area contributed by atoms with E-state index in [1.54, 1.807) is 0 Å². The molecule has 7 nitrogen and oxygen atoms in total. The summed E-state index contributed by atoms with van der Waals surface area (Å²) in [6.07, 6.45) is 3.94. The minimum atomic E-state index is -4.29. The van der Waals surface area contributed by atoms with E-state index in [-0.39, 0.29) is 27.8 Å². The lowest BCUT2D eigenvalue weighted by Crippen LogP contribution is -2.54. The SMILES string of the molecule is CC(C)(CO)NCC(C)(C)NCCCCCc1cc(F)c(S(=O)(=O)Nc2ncc(F)s2)cc1Cl. The number of aryl methyl sites for hydroxylation is 1. The zero-order valence-electron chi connectivity index (χ0n) is 19.8. The van der Waals surface area contributed by atoms with E-state index in [9.17, 15) is 22.3 Å². The summed E-state index contributed by atoms with van der Waals surface area (Å²) in [4.78, 5) is 2.97. The number of nitrogens with zero attached hydrogens (tertiary/aromatic N) is 1. The highest BCUT2D eigenvalue weighted by Crippen LogP contribution is 2.28. The number of hydrogen-bond acceptors (Lipinski definition) is 7. The van der Waals surface area contributed by atoms with Gasteiger partial charge in [0.05, 0.1) is 12.8 Å². The summed E-state index contributed by atoms with van der Waals surface area (Å²) < 4.78 is 54.6. The van der Waals surface area contributed by atoms with Crippen molar-refractivity contribution in [3.05, 3.63) is 39.9 Å². The maximum Gasteiger partial charge on any atom is 0.266 e. The molecule has 34 heavy (non-hydrogen) atoms. The van der Waals surface area contributed by atoms with Crippen LogP contribution < -0.4 is 15.4 Å². The van der Waals surface area contributed by atoms with Crippen LogP contribution in [0, 0.1) is 10.9 Å². The van der Waals surface area contributed by atoms with Crippen LogP contribution in [-0.2, 0) is 16.4 Å². The molecule has 0 aliphatic carbocycles. The number of hydrogen-bond donors (Lipinski definition) is 4. The molecule has 4 N–H and O–H groups in total. The molecule has 0 amide bonds. The van der Waals surface area contributed by atoms with Gasteiger partial charge in [0.25, 0.3) is 10.0 Å². The van der Waals surface area contributed by atoms with Gasteiger partial charge in [-0.15, -0.1) is 0 Å². The van der Waals surface area contributed by atoms with Crippen molar-refractivity contribution in [1.82, 2.24) is 15.6 Å². The molecule has 1 heterocycles. The molecule has 0 saturated heterocycles. The highest BCUT2D eigenvalue weighted by molar-refractivity contribution is 7.93. The molecule has 0 spiro atoms. The Morgan fingerprint density at radius 2 is 1.79 bits per heavy atom. The lowest BCUT2D eigenvalue weighted by atomic mass is 10.0. The number of aliphatic hydroxyl groups is 1. The van der Waals surface area contributed by atoms with Gasteiger partial charge in [-0.1, -0.05) is 29.4 Å². The third-order valence-electron chi connectivity index (χ3n) is 5.22. The zero-order valence-corrected chi connectivity index (χ0v) is 22.2. The molecule has 0 radical (unpaired) electrons. The topological polar surface area (TPSA) is 103 Å². The zero-order chi connectivity index (χ0) is 25.6. The van der Waals surface area contributed by atoms with Crippen molar-refractivity contribution in [3.8, 4) is 0 Å². The molecule has 0 aliphatic rings. The molecule has 0 fully saturated rings. The number of unbranched alkanes of at least 4 members (excludes halogenated alkanes) is 2. The fourth-order valence-corrected chi connectivity index (χ4v) is 5.26. The van der Waals surface area contributed by atoms with Gasteiger partial charge in [0.1, 0.15) is 10.7 Å². The van der Waals surface area contributed by atoms with E-state index >= 15 is 0 Å². The van der Waals surface area contributed by atoms with Crippen LogP contribution >= 0.6 is 22.9 Å². The van der Waals surface area contributed by atoms with Crippen molar-refractivity contribution in [2.24, 2.45) is 0 Å². The Labute approximate surface area is 209 Å². The van der Waals surface area contributed by atoms with E-state index in [4.69, 9.17) is 11.6 Å². The molecule has 0 aliphatic heterocycles. The smallest absolute Gasteiger partial charge is 0.266 e. The second kappa shape index (κ2) is 12.0. The molecule has 0 bridgehead atoms. The largest absolute Gasteiger partial charge is 0.394 e. The minimum Gasteiger partial charge on any atom is -0.394 e. The van der Waals surface area contributed by atoms with Crippen LogP contribution in [0.1, 0.15) is 52.5 Å². The third kappa shape index (κ3) is 9.01. The number of benzene rings is 1. The average Bonchev–Trinajstić information content (AvgIpc) is 3.15. The maximum atomic E-state index is 14.6. The van der Waals surface area contributed by atoms with Crippen molar-refractivity contribution >= 4 is 38.1 Å². The van der Waals surface area contributed by atoms with E-state index in [1.807, 2.05) is 13.8 Å². The number of nitrogens with one attached hydrogen (secondary N) is 3. The summed E-state index contributed by atoms with van der Waals surface area (Å²) in [6.45, 7) is 9.63. The van der Waals surface area contributed by atoms with Gasteiger partial charge < -0.3 is 15.7 Å². The molecule has 1 aromatic carbocycles. The van der Waals surface area contributed by atoms with Gasteiger partial charge in [-0.3, -0.25) is 4.72 Å². The summed E-state index contributed by atoms with van der Waals surface area (Å²) in [5, 5.41) is 15.5. The van der Waals surface area contributed by atoms with Crippen molar-refractivity contribution in [1.29, 1.82) is 0 Å². The number of anilines is 1. The predicted octanol–water partition coefficient (Wildman–Crippen LogP) is 4.32. The second-order valence-electron chi connectivity index (χ2n) is 9.47. The van der Waals surface area contributed by atoms with E-state index in [2.05, 4.69) is 34.2 Å². The van der Waals surface area contributed by atoms with Crippen LogP contribution in [0.3, 0.4) is 0 Å². The quantitative estimate of drug-likeness (QED) is 0.267. The van der Waals surface area contributed by atoms with Gasteiger partial charge in [0.15, 0.2) is 10.3 Å². The van der Waals surface area contributed by atoms with Crippen molar-refractivity contribution in [2.75, 3.05) is 24.4 Å². The second-order valence-corrected chi connectivity index (χ2v) is 12.5. The van der Waals surface area contributed by atoms with E-state index in [1.165, 1.54) is 0 Å². The molecule has 0 atom stereocenters. The van der Waals surface area contributed by atoms with Crippen molar-refractivity contribution in [2.45, 2.75) is 69.4 Å². The summed E-state index contributed by atoms with van der Waals surface area (Å²) in [5.74, 6) is -0.925. The first-order chi connectivity index (χ1) is 15.7. The van der Waals surface area contributed by atoms with Gasteiger partial charge in [0, 0.05) is 22.6 Å². The normalized spacial score (nSPS) is 12.8. The number of aliphatic hydroxyl groups excluding tert-OH is 1. The Kier molecular flexibility index (Phi) is 10.2. The molecular formula is C22H33ClF2N4O3S2. The summed E-state index contributed by atoms with van der Waals surface area (Å²) in [6, 6.07) is 2.21. The molecular weight excluding hydrogens is 506 g/mol. The standard InChI is InChI=1S/C22H33ClF2N4O3S2/c1-21(2,13-28-22(3,4)14-30)27-9-7-5-6-8-15-10-17(24)18(11-16(15)23)34(31,32)29-20-26-12-19(25)33-20/h10-12,27-28,30H,5-9,13-14H2,1-4H3,(H,26,29). The molecule has 2 rings (SSSR count). The van der Waals surface area contributed by atoms with Crippen molar-refractivity contribution < 1.29 is 22.3 Å². The molecule has 0 saturated carbocycles. The molecule has 2 aromatic rings. The number of halogens is 3. The van der Waals surface area contributed by atoms with Crippen LogP contribution in [-0.4, -0.2) is 49.3 Å². The average molecular weight is 539 g/mol. The first-order valence-corrected chi connectivity index (χ1v) is 13.7. The first-order valence-electron chi connectivity index (χ1n) is 11.0. The van der Waals surface area contributed by atoms with Gasteiger partial charge >= 0.3 is 0 Å². The molecule has 192 valence electrons. The van der Waals surface area contributed by atoms with Crippen LogP contribution in [0.15, 0.2) is 23.2 Å². The fraction of sp³-hybridized carbons (Fsp3) is 0.591. The lowest BCUT2D eigenvalue weighted by Gasteiger charge is -2.32. The van der Waals surface area contributed by atoms with Gasteiger partial charge in [-0.05, 0) is 71.2 Å². The first kappa shape index (κ1) is 28.9. The fourth-order valence-electron chi connectivity index (χ4n) is 3.06. The van der Waals surface area contributed by atoms with Crippen molar-refractivity contribution in [3.63, 3.8) is 0 Å². The summed E-state index contributed by atoms with van der Waals surface area (Å²) >= 11 is 6.73. The highest BCUT2D eigenvalue weighted by Gasteiger charge is 2.24. The molecule has 1 aromatic heterocycles. The van der Waals surface area contributed by atoms with E-state index in [0.717, 1.165) is 44.1 Å². The Morgan fingerprint density at radius 3 is 2.41 bits per heavy atom. The predicted molar refractivity (Wildman–Crippen MR) is 133 cm³/mol. The Hall–Kier alpha value is -1.37. The van der Waals surface area contributed by atoms with Gasteiger partial charge in [-0.2, -0.15) is 4.39 Å². The number of thiazole rings is 1. The van der Waals surface area contributed by atoms with Crippen LogP contribution in [0.25, 0.3) is 0 Å². The lowest BCUT2D eigenvalue weighted by molar-refractivity contribution is 0.177. The Morgan fingerprint density at radius 1 is 1.09 bits per heavy atom. The number of rotatable bonds is 14. The van der Waals surface area contributed by atoms with Crippen LogP contribution in [0.5, 0.6) is 0 Å². The Bertz CT molecular complexity index is 1060. The molecule has 0 unspecified atom stereocenters. The maximum absolute atomic E-state index is 14.6.